The van der Waals surface area contributed by atoms with Gasteiger partial charge in [-0.15, -0.1) is 0 Å². The molecule has 1 N–H and O–H groups in total. The van der Waals surface area contributed by atoms with Crippen LogP contribution in [0.5, 0.6) is 0 Å². The molecule has 0 spiro atoms. The maximum atomic E-state index is 3.45. The average Bonchev–Trinajstić information content (AvgIpc) is 2.39. The third kappa shape index (κ3) is 1.50. The normalized spacial score (nSPS) is 13.6. The predicted molar refractivity (Wildman–Crippen MR) is 67.1 cm³/mol. The van der Waals surface area contributed by atoms with Crippen LogP contribution in [0.2, 0.25) is 0 Å². The third-order valence-corrected chi connectivity index (χ3v) is 2.89. The van der Waals surface area contributed by atoms with Crippen LogP contribution in [0.25, 0.3) is 11.8 Å². The zero-order chi connectivity index (χ0) is 10.8. The second-order valence-electron chi connectivity index (χ2n) is 3.91. The molecule has 0 aliphatic carbocycles. The van der Waals surface area contributed by atoms with Crippen LogP contribution in [0.4, 0.5) is 0 Å². The summed E-state index contributed by atoms with van der Waals surface area (Å²) in [5.74, 6) is 0. The molecule has 0 saturated heterocycles. The minimum Gasteiger partial charge on any atom is -0.381 e. The highest BCUT2D eigenvalue weighted by Gasteiger charge is 2.04. The first-order valence-electron chi connectivity index (χ1n) is 5.54. The van der Waals surface area contributed by atoms with E-state index in [9.17, 15) is 0 Å². The predicted octanol–water partition coefficient (Wildman–Crippen LogP) is 1.23. The van der Waals surface area contributed by atoms with E-state index in [-0.39, 0.29) is 0 Å². The minimum absolute atomic E-state index is 0.904. The topological polar surface area (TPSA) is 12.0 Å². The van der Waals surface area contributed by atoms with E-state index in [1.807, 2.05) is 6.07 Å². The van der Waals surface area contributed by atoms with Crippen LogP contribution in [0, 0.1) is 0 Å². The second kappa shape index (κ2) is 3.86. The summed E-state index contributed by atoms with van der Waals surface area (Å²) in [6, 6.07) is 19.0. The number of nitrogens with one attached hydrogen (secondary N) is 1. The fourth-order valence-corrected chi connectivity index (χ4v) is 2.12. The van der Waals surface area contributed by atoms with Gasteiger partial charge in [-0.3, -0.25) is 0 Å². The van der Waals surface area contributed by atoms with Crippen molar-refractivity contribution in [2.45, 2.75) is 0 Å². The first-order chi connectivity index (χ1) is 7.95. The van der Waals surface area contributed by atoms with Gasteiger partial charge < -0.3 is 5.32 Å². The van der Waals surface area contributed by atoms with Crippen molar-refractivity contribution in [2.24, 2.45) is 0 Å². The third-order valence-electron chi connectivity index (χ3n) is 2.89. The standard InChI is InChI=1S/C15H13N/c1-2-7-13(8-3-1)15-14-9-5-4-6-12(14)10-11-16-15/h1-10,16H,11H2. The Labute approximate surface area is 94.7 Å². The Morgan fingerprint density at radius 1 is 0.812 bits per heavy atom. The van der Waals surface area contributed by atoms with E-state index < -0.39 is 0 Å². The molecule has 0 amide bonds. The van der Waals surface area contributed by atoms with E-state index in [4.69, 9.17) is 0 Å². The van der Waals surface area contributed by atoms with E-state index >= 15 is 0 Å². The van der Waals surface area contributed by atoms with E-state index in [2.05, 4.69) is 59.9 Å². The van der Waals surface area contributed by atoms with Crippen molar-refractivity contribution in [3.05, 3.63) is 70.6 Å². The van der Waals surface area contributed by atoms with Crippen molar-refractivity contribution < 1.29 is 0 Å². The molecule has 1 nitrogen and oxygen atoms in total. The lowest BCUT2D eigenvalue weighted by atomic mass is 10.1. The van der Waals surface area contributed by atoms with Crippen molar-refractivity contribution in [3.8, 4) is 0 Å². The molecule has 0 bridgehead atoms. The van der Waals surface area contributed by atoms with E-state index in [1.54, 1.807) is 0 Å². The van der Waals surface area contributed by atoms with E-state index in [1.165, 1.54) is 21.7 Å². The molecule has 2 aromatic carbocycles. The number of fused-ring (bicyclic) bond motifs is 1. The lowest BCUT2D eigenvalue weighted by Crippen LogP contribution is -2.37. The molecule has 0 fully saturated rings. The summed E-state index contributed by atoms with van der Waals surface area (Å²) < 4.78 is 0. The molecule has 1 heteroatoms. The van der Waals surface area contributed by atoms with Crippen molar-refractivity contribution in [2.75, 3.05) is 6.54 Å². The monoisotopic (exact) mass is 207 g/mol. The average molecular weight is 207 g/mol. The molecule has 2 aromatic rings. The Bertz CT molecular complexity index is 611. The number of benzene rings is 2. The van der Waals surface area contributed by atoms with Crippen molar-refractivity contribution in [1.82, 2.24) is 5.32 Å². The maximum Gasteiger partial charge on any atom is 0.0495 e. The fraction of sp³-hybridized carbons (Fsp3) is 0.0667. The van der Waals surface area contributed by atoms with Crippen molar-refractivity contribution in [1.29, 1.82) is 0 Å². The first-order valence-corrected chi connectivity index (χ1v) is 5.54. The molecule has 16 heavy (non-hydrogen) atoms. The zero-order valence-electron chi connectivity index (χ0n) is 8.98. The second-order valence-corrected chi connectivity index (χ2v) is 3.91. The molecule has 78 valence electrons. The van der Waals surface area contributed by atoms with Gasteiger partial charge in [-0.05, 0) is 10.8 Å². The number of rotatable bonds is 1. The molecule has 1 aliphatic heterocycles. The van der Waals surface area contributed by atoms with Crippen LogP contribution >= 0.6 is 0 Å². The Kier molecular flexibility index (Phi) is 2.22. The van der Waals surface area contributed by atoms with Gasteiger partial charge in [0, 0.05) is 17.5 Å². The van der Waals surface area contributed by atoms with Crippen LogP contribution in [-0.4, -0.2) is 6.54 Å². The molecule has 3 rings (SSSR count). The summed E-state index contributed by atoms with van der Waals surface area (Å²) in [5, 5.41) is 6.06. The molecular weight excluding hydrogens is 194 g/mol. The maximum absolute atomic E-state index is 3.45. The van der Waals surface area contributed by atoms with Crippen LogP contribution in [0.3, 0.4) is 0 Å². The Morgan fingerprint density at radius 2 is 1.56 bits per heavy atom. The van der Waals surface area contributed by atoms with Gasteiger partial charge in [-0.2, -0.15) is 0 Å². The van der Waals surface area contributed by atoms with E-state index in [0.29, 0.717) is 0 Å². The summed E-state index contributed by atoms with van der Waals surface area (Å²) in [6.45, 7) is 0.904. The molecular formula is C15H13N. The van der Waals surface area contributed by atoms with Gasteiger partial charge in [-0.1, -0.05) is 60.7 Å². The quantitative estimate of drug-likeness (QED) is 0.741. The summed E-state index contributed by atoms with van der Waals surface area (Å²) in [6.07, 6.45) is 2.22. The van der Waals surface area contributed by atoms with E-state index in [0.717, 1.165) is 6.54 Å². The van der Waals surface area contributed by atoms with Crippen molar-refractivity contribution >= 4 is 11.8 Å². The highest BCUT2D eigenvalue weighted by molar-refractivity contribution is 5.66. The summed E-state index contributed by atoms with van der Waals surface area (Å²) >= 11 is 0. The van der Waals surface area contributed by atoms with Gasteiger partial charge in [0.15, 0.2) is 0 Å². The van der Waals surface area contributed by atoms with Gasteiger partial charge in [0.25, 0.3) is 0 Å². The zero-order valence-corrected chi connectivity index (χ0v) is 8.98. The molecule has 1 aliphatic rings. The molecule has 0 saturated carbocycles. The number of hydrogen-bond donors (Lipinski definition) is 1. The molecule has 1 heterocycles. The highest BCUT2D eigenvalue weighted by Crippen LogP contribution is 2.07. The number of hydrogen-bond acceptors (Lipinski definition) is 1. The van der Waals surface area contributed by atoms with Gasteiger partial charge >= 0.3 is 0 Å². The van der Waals surface area contributed by atoms with Crippen molar-refractivity contribution in [3.63, 3.8) is 0 Å². The lowest BCUT2D eigenvalue weighted by molar-refractivity contribution is 1.01. The Balaban J connectivity index is 2.33. The molecule has 0 atom stereocenters. The van der Waals surface area contributed by atoms with Gasteiger partial charge in [-0.25, -0.2) is 0 Å². The van der Waals surface area contributed by atoms with Crippen LogP contribution in [0.1, 0.15) is 5.56 Å². The SMILES string of the molecule is C1=c2ccccc2=C(c2ccccc2)NC1. The van der Waals surface area contributed by atoms with Crippen LogP contribution in [0.15, 0.2) is 54.6 Å². The largest absolute Gasteiger partial charge is 0.381 e. The minimum atomic E-state index is 0.904. The van der Waals surface area contributed by atoms with Gasteiger partial charge in [0.05, 0.1) is 0 Å². The van der Waals surface area contributed by atoms with Gasteiger partial charge in [0.1, 0.15) is 0 Å². The first kappa shape index (κ1) is 9.22. The van der Waals surface area contributed by atoms with Crippen LogP contribution < -0.4 is 15.8 Å². The van der Waals surface area contributed by atoms with Crippen LogP contribution in [-0.2, 0) is 0 Å². The molecule has 0 unspecified atom stereocenters. The smallest absolute Gasteiger partial charge is 0.0495 e. The molecule has 0 aromatic heterocycles. The Morgan fingerprint density at radius 3 is 2.44 bits per heavy atom. The summed E-state index contributed by atoms with van der Waals surface area (Å²) in [5.41, 5.74) is 2.49. The van der Waals surface area contributed by atoms with Gasteiger partial charge in [0.2, 0.25) is 0 Å². The molecule has 0 radical (unpaired) electrons. The lowest BCUT2D eigenvalue weighted by Gasteiger charge is -2.14. The summed E-state index contributed by atoms with van der Waals surface area (Å²) in [7, 11) is 0. The highest BCUT2D eigenvalue weighted by atomic mass is 14.9. The Hall–Kier alpha value is -2.02. The summed E-state index contributed by atoms with van der Waals surface area (Å²) in [4.78, 5) is 0. The fourth-order valence-electron chi connectivity index (χ4n) is 2.12.